The van der Waals surface area contributed by atoms with Gasteiger partial charge in [-0.05, 0) is 56.9 Å². The Labute approximate surface area is 171 Å². The highest BCUT2D eigenvalue weighted by Crippen LogP contribution is 2.25. The molecule has 1 saturated heterocycles. The summed E-state index contributed by atoms with van der Waals surface area (Å²) in [5, 5.41) is 0. The maximum absolute atomic E-state index is 11.9. The van der Waals surface area contributed by atoms with Crippen LogP contribution in [-0.4, -0.2) is 45.2 Å². The van der Waals surface area contributed by atoms with Crippen LogP contribution in [0.1, 0.15) is 37.0 Å². The van der Waals surface area contributed by atoms with Crippen LogP contribution in [0.5, 0.6) is 0 Å². The molecule has 1 amide bonds. The van der Waals surface area contributed by atoms with Gasteiger partial charge in [0.25, 0.3) is 0 Å². The number of likely N-dealkylation sites (tertiary alicyclic amines) is 1. The van der Waals surface area contributed by atoms with Crippen LogP contribution in [0.2, 0.25) is 0 Å². The Balaban J connectivity index is 1.52. The quantitative estimate of drug-likeness (QED) is 0.653. The second-order valence-corrected chi connectivity index (χ2v) is 7.71. The van der Waals surface area contributed by atoms with Gasteiger partial charge in [0.15, 0.2) is 0 Å². The zero-order chi connectivity index (χ0) is 20.2. The van der Waals surface area contributed by atoms with Gasteiger partial charge in [0, 0.05) is 25.2 Å². The summed E-state index contributed by atoms with van der Waals surface area (Å²) in [6, 6.07) is 14.4. The van der Waals surface area contributed by atoms with E-state index < -0.39 is 0 Å². The molecule has 0 spiro atoms. The van der Waals surface area contributed by atoms with Crippen LogP contribution < -0.4 is 0 Å². The van der Waals surface area contributed by atoms with Gasteiger partial charge < -0.3 is 14.2 Å². The maximum Gasteiger partial charge on any atom is 0.409 e. The number of amides is 1. The highest BCUT2D eigenvalue weighted by Gasteiger charge is 2.25. The van der Waals surface area contributed by atoms with Crippen LogP contribution in [0.15, 0.2) is 42.5 Å². The summed E-state index contributed by atoms with van der Waals surface area (Å²) < 4.78 is 7.43. The lowest BCUT2D eigenvalue weighted by molar-refractivity contribution is 0.0916. The lowest BCUT2D eigenvalue weighted by Gasteiger charge is -2.31. The Morgan fingerprint density at radius 2 is 1.90 bits per heavy atom. The third-order valence-electron chi connectivity index (χ3n) is 5.61. The molecule has 0 atom stereocenters. The van der Waals surface area contributed by atoms with E-state index in [-0.39, 0.29) is 6.09 Å². The van der Waals surface area contributed by atoms with Crippen molar-refractivity contribution in [3.8, 4) is 0 Å². The van der Waals surface area contributed by atoms with Gasteiger partial charge in [0.1, 0.15) is 5.82 Å². The van der Waals surface area contributed by atoms with Crippen LogP contribution >= 0.6 is 0 Å². The SMILES string of the molecule is CCOC(=O)N1CCC(Cc2nc3ccccc3n2Cc2cccc(C)n2)CC1. The van der Waals surface area contributed by atoms with Gasteiger partial charge in [-0.1, -0.05) is 18.2 Å². The molecule has 3 aromatic rings. The van der Waals surface area contributed by atoms with E-state index >= 15 is 0 Å². The van der Waals surface area contributed by atoms with Crippen molar-refractivity contribution in [3.63, 3.8) is 0 Å². The Morgan fingerprint density at radius 3 is 2.66 bits per heavy atom. The smallest absolute Gasteiger partial charge is 0.409 e. The number of benzene rings is 1. The van der Waals surface area contributed by atoms with Crippen LogP contribution in [0.3, 0.4) is 0 Å². The van der Waals surface area contributed by atoms with Gasteiger partial charge in [0.05, 0.1) is 29.9 Å². The Hall–Kier alpha value is -2.89. The number of para-hydroxylation sites is 2. The van der Waals surface area contributed by atoms with E-state index in [9.17, 15) is 4.79 Å². The highest BCUT2D eigenvalue weighted by molar-refractivity contribution is 5.76. The number of nitrogens with zero attached hydrogens (tertiary/aromatic N) is 4. The average Bonchev–Trinajstić information content (AvgIpc) is 3.06. The molecule has 1 fully saturated rings. The van der Waals surface area contributed by atoms with Gasteiger partial charge in [-0.3, -0.25) is 4.98 Å². The van der Waals surface area contributed by atoms with Crippen LogP contribution in [0.25, 0.3) is 11.0 Å². The van der Waals surface area contributed by atoms with Crippen molar-refractivity contribution < 1.29 is 9.53 Å². The molecule has 0 aliphatic carbocycles. The molecule has 6 nitrogen and oxygen atoms in total. The summed E-state index contributed by atoms with van der Waals surface area (Å²) in [4.78, 5) is 23.4. The fraction of sp³-hybridized carbons (Fsp3) is 0.435. The Kier molecular flexibility index (Phi) is 5.79. The lowest BCUT2D eigenvalue weighted by atomic mass is 9.93. The number of carbonyl (C=O) groups is 1. The molecule has 0 N–H and O–H groups in total. The van der Waals surface area contributed by atoms with Crippen molar-refractivity contribution in [3.05, 3.63) is 59.7 Å². The second-order valence-electron chi connectivity index (χ2n) is 7.71. The normalized spacial score (nSPS) is 15.0. The number of carbonyl (C=O) groups excluding carboxylic acids is 1. The van der Waals surface area contributed by atoms with Crippen molar-refractivity contribution in [2.45, 2.75) is 39.7 Å². The van der Waals surface area contributed by atoms with Gasteiger partial charge in [-0.25, -0.2) is 9.78 Å². The van der Waals surface area contributed by atoms with Crippen molar-refractivity contribution in [2.75, 3.05) is 19.7 Å². The predicted octanol–water partition coefficient (Wildman–Crippen LogP) is 4.20. The predicted molar refractivity (Wildman–Crippen MR) is 113 cm³/mol. The molecule has 1 aliphatic rings. The molecule has 0 bridgehead atoms. The van der Waals surface area contributed by atoms with E-state index in [4.69, 9.17) is 9.72 Å². The van der Waals surface area contributed by atoms with Gasteiger partial charge >= 0.3 is 6.09 Å². The molecule has 29 heavy (non-hydrogen) atoms. The number of aryl methyl sites for hydroxylation is 1. The molecule has 0 unspecified atom stereocenters. The van der Waals surface area contributed by atoms with Crippen molar-refractivity contribution in [2.24, 2.45) is 5.92 Å². The molecule has 1 aromatic carbocycles. The number of ether oxygens (including phenoxy) is 1. The topological polar surface area (TPSA) is 60.2 Å². The standard InChI is InChI=1S/C23H28N4O2/c1-3-29-23(28)26-13-11-18(12-14-26)15-22-25-20-9-4-5-10-21(20)27(22)16-19-8-6-7-17(2)24-19/h4-10,18H,3,11-16H2,1-2H3. The van der Waals surface area contributed by atoms with Crippen LogP contribution in [0.4, 0.5) is 4.79 Å². The molecule has 1 aliphatic heterocycles. The number of hydrogen-bond acceptors (Lipinski definition) is 4. The lowest BCUT2D eigenvalue weighted by Crippen LogP contribution is -2.39. The summed E-state index contributed by atoms with van der Waals surface area (Å²) in [6.07, 6.45) is 2.68. The number of pyridine rings is 1. The third-order valence-corrected chi connectivity index (χ3v) is 5.61. The van der Waals surface area contributed by atoms with E-state index in [1.165, 1.54) is 0 Å². The first-order valence-electron chi connectivity index (χ1n) is 10.4. The number of imidazole rings is 1. The molecule has 0 radical (unpaired) electrons. The summed E-state index contributed by atoms with van der Waals surface area (Å²) in [5.74, 6) is 1.62. The fourth-order valence-corrected chi connectivity index (χ4v) is 4.10. The molecule has 4 rings (SSSR count). The Bertz CT molecular complexity index is 989. The monoisotopic (exact) mass is 392 g/mol. The Morgan fingerprint density at radius 1 is 1.10 bits per heavy atom. The van der Waals surface area contributed by atoms with Crippen molar-refractivity contribution >= 4 is 17.1 Å². The summed E-state index contributed by atoms with van der Waals surface area (Å²) in [7, 11) is 0. The minimum Gasteiger partial charge on any atom is -0.450 e. The highest BCUT2D eigenvalue weighted by atomic mass is 16.6. The molecule has 2 aromatic heterocycles. The minimum atomic E-state index is -0.191. The van der Waals surface area contributed by atoms with E-state index in [1.807, 2.05) is 30.9 Å². The third kappa shape index (κ3) is 4.42. The zero-order valence-corrected chi connectivity index (χ0v) is 17.2. The summed E-state index contributed by atoms with van der Waals surface area (Å²) in [6.45, 7) is 6.52. The van der Waals surface area contributed by atoms with E-state index in [1.54, 1.807) is 0 Å². The number of piperidine rings is 1. The molecule has 6 heteroatoms. The largest absolute Gasteiger partial charge is 0.450 e. The van der Waals surface area contributed by atoms with E-state index in [2.05, 4.69) is 39.9 Å². The van der Waals surface area contributed by atoms with E-state index in [0.717, 1.165) is 67.1 Å². The van der Waals surface area contributed by atoms with Crippen LogP contribution in [-0.2, 0) is 17.7 Å². The van der Waals surface area contributed by atoms with Crippen molar-refractivity contribution in [1.29, 1.82) is 0 Å². The van der Waals surface area contributed by atoms with Crippen molar-refractivity contribution in [1.82, 2.24) is 19.4 Å². The summed E-state index contributed by atoms with van der Waals surface area (Å²) in [5.41, 5.74) is 4.25. The van der Waals surface area contributed by atoms with Gasteiger partial charge in [-0.15, -0.1) is 0 Å². The molecule has 3 heterocycles. The number of aromatic nitrogens is 3. The summed E-state index contributed by atoms with van der Waals surface area (Å²) >= 11 is 0. The number of hydrogen-bond donors (Lipinski definition) is 0. The first-order chi connectivity index (χ1) is 14.1. The molecular weight excluding hydrogens is 364 g/mol. The second kappa shape index (κ2) is 8.64. The number of fused-ring (bicyclic) bond motifs is 1. The zero-order valence-electron chi connectivity index (χ0n) is 17.2. The first-order valence-corrected chi connectivity index (χ1v) is 10.4. The van der Waals surface area contributed by atoms with Gasteiger partial charge in [0.2, 0.25) is 0 Å². The fourth-order valence-electron chi connectivity index (χ4n) is 4.10. The average molecular weight is 393 g/mol. The number of rotatable bonds is 5. The first kappa shape index (κ1) is 19.4. The minimum absolute atomic E-state index is 0.191. The molecular formula is C23H28N4O2. The van der Waals surface area contributed by atoms with Gasteiger partial charge in [-0.2, -0.15) is 0 Å². The van der Waals surface area contributed by atoms with Crippen LogP contribution in [0, 0.1) is 12.8 Å². The maximum atomic E-state index is 11.9. The van der Waals surface area contributed by atoms with E-state index in [0.29, 0.717) is 12.5 Å². The molecule has 0 saturated carbocycles. The molecule has 152 valence electrons.